The van der Waals surface area contributed by atoms with Gasteiger partial charge < -0.3 is 19.3 Å². The Kier molecular flexibility index (Phi) is 5.56. The Hall–Kier alpha value is -2.79. The quantitative estimate of drug-likeness (QED) is 0.709. The van der Waals surface area contributed by atoms with Gasteiger partial charge in [-0.25, -0.2) is 0 Å². The van der Waals surface area contributed by atoms with Crippen LogP contribution in [-0.2, 0) is 22.6 Å². The molecule has 2 aliphatic rings. The monoisotopic (exact) mass is 422 g/mol. The van der Waals surface area contributed by atoms with Crippen molar-refractivity contribution in [1.29, 1.82) is 0 Å². The van der Waals surface area contributed by atoms with Gasteiger partial charge >= 0.3 is 5.97 Å². The van der Waals surface area contributed by atoms with E-state index in [4.69, 9.17) is 14.2 Å². The van der Waals surface area contributed by atoms with Gasteiger partial charge in [0.05, 0.1) is 12.5 Å². The molecular formula is C26H30O5. The SMILES string of the molecule is C=C(c1c(C)c(OCc2ccccc2)c(C)c2c1OC(C)(C)C2)C1CC(O)CC(=O)O1. The van der Waals surface area contributed by atoms with Gasteiger partial charge in [0.25, 0.3) is 0 Å². The molecule has 0 spiro atoms. The number of carbonyl (C=O) groups is 1. The average Bonchev–Trinajstić information content (AvgIpc) is 3.03. The zero-order chi connectivity index (χ0) is 22.3. The summed E-state index contributed by atoms with van der Waals surface area (Å²) in [6.07, 6.45) is -0.215. The van der Waals surface area contributed by atoms with E-state index >= 15 is 0 Å². The van der Waals surface area contributed by atoms with Crippen molar-refractivity contribution in [1.82, 2.24) is 0 Å². The van der Waals surface area contributed by atoms with Crippen molar-refractivity contribution in [2.45, 2.75) is 71.4 Å². The molecule has 0 aromatic heterocycles. The van der Waals surface area contributed by atoms with Crippen molar-refractivity contribution < 1.29 is 24.1 Å². The maximum atomic E-state index is 11.9. The molecular weight excluding hydrogens is 392 g/mol. The second-order valence-electron chi connectivity index (χ2n) is 9.17. The van der Waals surface area contributed by atoms with E-state index in [2.05, 4.69) is 27.4 Å². The van der Waals surface area contributed by atoms with Gasteiger partial charge in [-0.05, 0) is 44.4 Å². The first-order valence-electron chi connectivity index (χ1n) is 10.7. The van der Waals surface area contributed by atoms with Crippen LogP contribution in [0.25, 0.3) is 5.57 Å². The number of aliphatic hydroxyl groups excluding tert-OH is 1. The van der Waals surface area contributed by atoms with Gasteiger partial charge in [-0.15, -0.1) is 0 Å². The first-order valence-corrected chi connectivity index (χ1v) is 10.7. The van der Waals surface area contributed by atoms with Crippen LogP contribution in [0.4, 0.5) is 0 Å². The van der Waals surface area contributed by atoms with Gasteiger partial charge in [0.2, 0.25) is 0 Å². The number of fused-ring (bicyclic) bond motifs is 1. The van der Waals surface area contributed by atoms with Crippen molar-refractivity contribution in [3.05, 3.63) is 64.7 Å². The highest BCUT2D eigenvalue weighted by molar-refractivity contribution is 5.82. The smallest absolute Gasteiger partial charge is 0.309 e. The molecule has 1 saturated heterocycles. The van der Waals surface area contributed by atoms with Gasteiger partial charge in [0.15, 0.2) is 0 Å². The van der Waals surface area contributed by atoms with Gasteiger partial charge in [0, 0.05) is 29.5 Å². The predicted molar refractivity (Wildman–Crippen MR) is 119 cm³/mol. The lowest BCUT2D eigenvalue weighted by Crippen LogP contribution is -2.33. The summed E-state index contributed by atoms with van der Waals surface area (Å²) >= 11 is 0. The number of cyclic esters (lactones) is 1. The number of rotatable bonds is 5. The molecule has 164 valence electrons. The summed E-state index contributed by atoms with van der Waals surface area (Å²) in [6, 6.07) is 10.0. The highest BCUT2D eigenvalue weighted by Gasteiger charge is 2.39. The fourth-order valence-electron chi connectivity index (χ4n) is 4.57. The first-order chi connectivity index (χ1) is 14.7. The molecule has 2 unspecified atom stereocenters. The Morgan fingerprint density at radius 1 is 1.23 bits per heavy atom. The number of hydrogen-bond acceptors (Lipinski definition) is 5. The molecule has 4 rings (SSSR count). The summed E-state index contributed by atoms with van der Waals surface area (Å²) < 4.78 is 18.2. The Balaban J connectivity index is 1.76. The van der Waals surface area contributed by atoms with Crippen LogP contribution in [0.15, 0.2) is 36.9 Å². The Morgan fingerprint density at radius 2 is 1.94 bits per heavy atom. The van der Waals surface area contributed by atoms with Crippen molar-refractivity contribution in [3.63, 3.8) is 0 Å². The molecule has 5 nitrogen and oxygen atoms in total. The third-order valence-electron chi connectivity index (χ3n) is 6.09. The van der Waals surface area contributed by atoms with Gasteiger partial charge in [0.1, 0.15) is 29.8 Å². The molecule has 5 heteroatoms. The summed E-state index contributed by atoms with van der Waals surface area (Å²) in [7, 11) is 0. The number of benzene rings is 2. The second-order valence-corrected chi connectivity index (χ2v) is 9.17. The van der Waals surface area contributed by atoms with Gasteiger partial charge in [-0.1, -0.05) is 36.9 Å². The van der Waals surface area contributed by atoms with Crippen molar-refractivity contribution in [2.75, 3.05) is 0 Å². The molecule has 1 fully saturated rings. The standard InChI is InChI=1S/C26H30O5/c1-15-20-13-26(4,5)31-25(20)23(16(2)21-11-19(27)12-22(28)30-21)17(3)24(15)29-14-18-9-7-6-8-10-18/h6-10,19,21,27H,2,11-14H2,1,3-5H3. The molecule has 2 aromatic rings. The van der Waals surface area contributed by atoms with E-state index in [1.807, 2.05) is 37.3 Å². The van der Waals surface area contributed by atoms with E-state index in [0.29, 0.717) is 18.6 Å². The summed E-state index contributed by atoms with van der Waals surface area (Å²) in [6.45, 7) is 12.9. The lowest BCUT2D eigenvalue weighted by Gasteiger charge is -2.30. The maximum absolute atomic E-state index is 11.9. The third kappa shape index (κ3) is 4.19. The molecule has 2 aliphatic heterocycles. The molecule has 2 heterocycles. The van der Waals surface area contributed by atoms with E-state index in [0.717, 1.165) is 45.7 Å². The molecule has 1 N–H and O–H groups in total. The average molecular weight is 423 g/mol. The van der Waals surface area contributed by atoms with Crippen molar-refractivity contribution in [3.8, 4) is 11.5 Å². The molecule has 0 saturated carbocycles. The zero-order valence-electron chi connectivity index (χ0n) is 18.7. The highest BCUT2D eigenvalue weighted by Crippen LogP contribution is 2.49. The molecule has 0 bridgehead atoms. The molecule has 0 amide bonds. The van der Waals surface area contributed by atoms with Gasteiger partial charge in [-0.3, -0.25) is 4.79 Å². The fourth-order valence-corrected chi connectivity index (χ4v) is 4.57. The van der Waals surface area contributed by atoms with Crippen molar-refractivity contribution >= 4 is 11.5 Å². The highest BCUT2D eigenvalue weighted by atomic mass is 16.5. The number of esters is 1. The minimum atomic E-state index is -0.729. The van der Waals surface area contributed by atoms with E-state index in [1.54, 1.807) is 0 Å². The second kappa shape index (κ2) is 8.04. The van der Waals surface area contributed by atoms with Gasteiger partial charge in [-0.2, -0.15) is 0 Å². The molecule has 0 aliphatic carbocycles. The van der Waals surface area contributed by atoms with Crippen LogP contribution < -0.4 is 9.47 Å². The topological polar surface area (TPSA) is 65.0 Å². The van der Waals surface area contributed by atoms with Crippen LogP contribution in [0.3, 0.4) is 0 Å². The van der Waals surface area contributed by atoms with Crippen LogP contribution >= 0.6 is 0 Å². The third-order valence-corrected chi connectivity index (χ3v) is 6.09. The number of hydrogen-bond donors (Lipinski definition) is 1. The largest absolute Gasteiger partial charge is 0.488 e. The number of ether oxygens (including phenoxy) is 3. The molecule has 31 heavy (non-hydrogen) atoms. The molecule has 2 atom stereocenters. The number of aliphatic hydroxyl groups is 1. The summed E-state index contributed by atoms with van der Waals surface area (Å²) in [5, 5.41) is 10.1. The lowest BCUT2D eigenvalue weighted by molar-refractivity contribution is -0.155. The van der Waals surface area contributed by atoms with E-state index in [1.165, 1.54) is 0 Å². The minimum Gasteiger partial charge on any atom is -0.488 e. The Labute approximate surface area is 183 Å². The van der Waals surface area contributed by atoms with Crippen LogP contribution in [0.2, 0.25) is 0 Å². The summed E-state index contributed by atoms with van der Waals surface area (Å²) in [4.78, 5) is 11.9. The lowest BCUT2D eigenvalue weighted by atomic mass is 9.87. The first kappa shape index (κ1) is 21.4. The van der Waals surface area contributed by atoms with Crippen LogP contribution in [0, 0.1) is 13.8 Å². The predicted octanol–water partition coefficient (Wildman–Crippen LogP) is 4.68. The van der Waals surface area contributed by atoms with E-state index < -0.39 is 18.2 Å². The van der Waals surface area contributed by atoms with Crippen molar-refractivity contribution in [2.24, 2.45) is 0 Å². The summed E-state index contributed by atoms with van der Waals surface area (Å²) in [5.41, 5.74) is 5.26. The van der Waals surface area contributed by atoms with E-state index in [-0.39, 0.29) is 12.0 Å². The van der Waals surface area contributed by atoms with E-state index in [9.17, 15) is 9.90 Å². The number of carbonyl (C=O) groups excluding carboxylic acids is 1. The summed E-state index contributed by atoms with van der Waals surface area (Å²) in [5.74, 6) is 1.18. The fraction of sp³-hybridized carbons (Fsp3) is 0.423. The van der Waals surface area contributed by atoms with Crippen LogP contribution in [0.1, 0.15) is 54.5 Å². The molecule has 0 radical (unpaired) electrons. The molecule has 2 aromatic carbocycles. The van der Waals surface area contributed by atoms with Crippen LogP contribution in [-0.4, -0.2) is 28.9 Å². The Morgan fingerprint density at radius 3 is 2.61 bits per heavy atom. The zero-order valence-corrected chi connectivity index (χ0v) is 18.7. The Bertz CT molecular complexity index is 1020. The van der Waals surface area contributed by atoms with Crippen LogP contribution in [0.5, 0.6) is 11.5 Å². The maximum Gasteiger partial charge on any atom is 0.309 e. The normalized spacial score (nSPS) is 21.8. The minimum absolute atomic E-state index is 0.0176.